The van der Waals surface area contributed by atoms with E-state index in [9.17, 15) is 4.79 Å². The molecule has 1 N–H and O–H groups in total. The van der Waals surface area contributed by atoms with Gasteiger partial charge < -0.3 is 10.2 Å². The number of likely N-dealkylation sites (tertiary alicyclic amines) is 1. The van der Waals surface area contributed by atoms with Gasteiger partial charge in [-0.05, 0) is 44.4 Å². The van der Waals surface area contributed by atoms with Gasteiger partial charge in [0.1, 0.15) is 0 Å². The lowest BCUT2D eigenvalue weighted by Crippen LogP contribution is -2.56. The number of carbonyl (C=O) groups is 1. The van der Waals surface area contributed by atoms with E-state index in [0.717, 1.165) is 18.5 Å². The Morgan fingerprint density at radius 2 is 1.90 bits per heavy atom. The van der Waals surface area contributed by atoms with Crippen molar-refractivity contribution in [2.24, 2.45) is 5.92 Å². The summed E-state index contributed by atoms with van der Waals surface area (Å²) in [4.78, 5) is 14.8. The van der Waals surface area contributed by atoms with Crippen LogP contribution in [0, 0.1) is 5.92 Å². The topological polar surface area (TPSA) is 32.3 Å². The zero-order chi connectivity index (χ0) is 13.9. The summed E-state index contributed by atoms with van der Waals surface area (Å²) in [6, 6.07) is 10.6. The highest BCUT2D eigenvalue weighted by atomic mass is 16.1. The van der Waals surface area contributed by atoms with E-state index in [1.165, 1.54) is 25.7 Å². The van der Waals surface area contributed by atoms with Gasteiger partial charge in [0, 0.05) is 24.2 Å². The maximum absolute atomic E-state index is 12.3. The third-order valence-corrected chi connectivity index (χ3v) is 5.01. The molecule has 1 saturated carbocycles. The number of rotatable bonds is 2. The lowest BCUT2D eigenvalue weighted by molar-refractivity contribution is 0.0505. The number of benzene rings is 1. The third kappa shape index (κ3) is 2.73. The van der Waals surface area contributed by atoms with Gasteiger partial charge in [0.15, 0.2) is 0 Å². The predicted molar refractivity (Wildman–Crippen MR) is 80.7 cm³/mol. The first-order valence-corrected chi connectivity index (χ1v) is 7.82. The van der Waals surface area contributed by atoms with Gasteiger partial charge in [-0.2, -0.15) is 0 Å². The highest BCUT2D eigenvalue weighted by Crippen LogP contribution is 2.34. The van der Waals surface area contributed by atoms with Crippen LogP contribution in [0.4, 0.5) is 0 Å². The van der Waals surface area contributed by atoms with Crippen LogP contribution in [-0.4, -0.2) is 36.5 Å². The Balaban J connectivity index is 1.69. The predicted octanol–water partition coefficient (Wildman–Crippen LogP) is 2.68. The van der Waals surface area contributed by atoms with Gasteiger partial charge in [-0.1, -0.05) is 31.0 Å². The van der Waals surface area contributed by atoms with Crippen LogP contribution in [0.25, 0.3) is 0 Å². The normalized spacial score (nSPS) is 30.6. The maximum atomic E-state index is 12.3. The van der Waals surface area contributed by atoms with E-state index in [1.807, 2.05) is 30.3 Å². The summed E-state index contributed by atoms with van der Waals surface area (Å²) >= 11 is 0. The maximum Gasteiger partial charge on any atom is 0.251 e. The number of hydrogen-bond donors (Lipinski definition) is 1. The van der Waals surface area contributed by atoms with Gasteiger partial charge in [-0.15, -0.1) is 0 Å². The SMILES string of the molecule is CN1CCC(NC(=O)c2ccccc2)C2CCCCC21. The molecule has 0 aromatic heterocycles. The van der Waals surface area contributed by atoms with Crippen molar-refractivity contribution in [1.29, 1.82) is 0 Å². The molecule has 1 heterocycles. The molecule has 1 aliphatic heterocycles. The van der Waals surface area contributed by atoms with Gasteiger partial charge >= 0.3 is 0 Å². The molecule has 3 nitrogen and oxygen atoms in total. The molecule has 1 aromatic rings. The molecule has 3 atom stereocenters. The minimum Gasteiger partial charge on any atom is -0.349 e. The van der Waals surface area contributed by atoms with Crippen LogP contribution in [0.15, 0.2) is 30.3 Å². The quantitative estimate of drug-likeness (QED) is 0.897. The second-order valence-electron chi connectivity index (χ2n) is 6.23. The number of nitrogens with one attached hydrogen (secondary N) is 1. The molecule has 3 heteroatoms. The molecule has 1 aromatic carbocycles. The highest BCUT2D eigenvalue weighted by molar-refractivity contribution is 5.94. The molecule has 0 radical (unpaired) electrons. The zero-order valence-electron chi connectivity index (χ0n) is 12.2. The van der Waals surface area contributed by atoms with Crippen molar-refractivity contribution < 1.29 is 4.79 Å². The molecular formula is C17H24N2O. The highest BCUT2D eigenvalue weighted by Gasteiger charge is 2.38. The van der Waals surface area contributed by atoms with Crippen molar-refractivity contribution >= 4 is 5.91 Å². The van der Waals surface area contributed by atoms with Crippen LogP contribution in [0.3, 0.4) is 0 Å². The first-order chi connectivity index (χ1) is 9.75. The lowest BCUT2D eigenvalue weighted by Gasteiger charge is -2.46. The fourth-order valence-electron chi connectivity index (χ4n) is 3.90. The van der Waals surface area contributed by atoms with E-state index in [4.69, 9.17) is 0 Å². The molecule has 1 aliphatic carbocycles. The standard InChI is InChI=1S/C17H24N2O/c1-19-12-11-15(14-9-5-6-10-16(14)19)18-17(20)13-7-3-2-4-8-13/h2-4,7-8,14-16H,5-6,9-12H2,1H3,(H,18,20). The van der Waals surface area contributed by atoms with Crippen LogP contribution in [0.5, 0.6) is 0 Å². The van der Waals surface area contributed by atoms with Crippen LogP contribution >= 0.6 is 0 Å². The monoisotopic (exact) mass is 272 g/mol. The summed E-state index contributed by atoms with van der Waals surface area (Å²) in [7, 11) is 2.23. The second-order valence-corrected chi connectivity index (χ2v) is 6.23. The molecule has 3 rings (SSSR count). The Labute approximate surface area is 121 Å². The van der Waals surface area contributed by atoms with E-state index in [1.54, 1.807) is 0 Å². The molecule has 1 saturated heterocycles. The van der Waals surface area contributed by atoms with Crippen molar-refractivity contribution in [1.82, 2.24) is 10.2 Å². The molecule has 0 spiro atoms. The van der Waals surface area contributed by atoms with Crippen molar-refractivity contribution in [3.05, 3.63) is 35.9 Å². The lowest BCUT2D eigenvalue weighted by atomic mass is 9.75. The van der Waals surface area contributed by atoms with Gasteiger partial charge in [0.05, 0.1) is 0 Å². The van der Waals surface area contributed by atoms with Crippen LogP contribution in [0.2, 0.25) is 0 Å². The Morgan fingerprint density at radius 1 is 1.15 bits per heavy atom. The minimum atomic E-state index is 0.0875. The first kappa shape index (κ1) is 13.6. The minimum absolute atomic E-state index is 0.0875. The van der Waals surface area contributed by atoms with Crippen molar-refractivity contribution in [3.8, 4) is 0 Å². The van der Waals surface area contributed by atoms with Gasteiger partial charge in [-0.25, -0.2) is 0 Å². The first-order valence-electron chi connectivity index (χ1n) is 7.82. The Bertz CT molecular complexity index is 459. The fraction of sp³-hybridized carbons (Fsp3) is 0.588. The summed E-state index contributed by atoms with van der Waals surface area (Å²) in [5.41, 5.74) is 0.777. The van der Waals surface area contributed by atoms with Crippen LogP contribution < -0.4 is 5.32 Å². The van der Waals surface area contributed by atoms with E-state index in [-0.39, 0.29) is 5.91 Å². The summed E-state index contributed by atoms with van der Waals surface area (Å²) in [5.74, 6) is 0.722. The number of piperidine rings is 1. The molecule has 108 valence electrons. The van der Waals surface area contributed by atoms with E-state index in [0.29, 0.717) is 18.0 Å². The number of amides is 1. The van der Waals surface area contributed by atoms with Crippen molar-refractivity contribution in [2.45, 2.75) is 44.2 Å². The van der Waals surface area contributed by atoms with Gasteiger partial charge in [-0.3, -0.25) is 4.79 Å². The Hall–Kier alpha value is -1.35. The van der Waals surface area contributed by atoms with Crippen LogP contribution in [-0.2, 0) is 0 Å². The summed E-state index contributed by atoms with van der Waals surface area (Å²) in [5, 5.41) is 3.29. The third-order valence-electron chi connectivity index (χ3n) is 5.01. The number of carbonyl (C=O) groups excluding carboxylic acids is 1. The fourth-order valence-corrected chi connectivity index (χ4v) is 3.90. The largest absolute Gasteiger partial charge is 0.349 e. The average molecular weight is 272 g/mol. The molecule has 3 unspecified atom stereocenters. The number of fused-ring (bicyclic) bond motifs is 1. The Morgan fingerprint density at radius 3 is 2.70 bits per heavy atom. The molecule has 20 heavy (non-hydrogen) atoms. The molecule has 2 aliphatic rings. The van der Waals surface area contributed by atoms with E-state index >= 15 is 0 Å². The van der Waals surface area contributed by atoms with Crippen molar-refractivity contribution in [2.75, 3.05) is 13.6 Å². The van der Waals surface area contributed by atoms with Gasteiger partial charge in [0.25, 0.3) is 5.91 Å². The van der Waals surface area contributed by atoms with E-state index < -0.39 is 0 Å². The summed E-state index contributed by atoms with van der Waals surface area (Å²) in [6.07, 6.45) is 6.28. The number of nitrogens with zero attached hydrogens (tertiary/aromatic N) is 1. The molecule has 0 bridgehead atoms. The zero-order valence-corrected chi connectivity index (χ0v) is 12.2. The van der Waals surface area contributed by atoms with Crippen LogP contribution in [0.1, 0.15) is 42.5 Å². The second kappa shape index (κ2) is 5.96. The van der Waals surface area contributed by atoms with Crippen molar-refractivity contribution in [3.63, 3.8) is 0 Å². The average Bonchev–Trinajstić information content (AvgIpc) is 2.51. The molecular weight excluding hydrogens is 248 g/mol. The van der Waals surface area contributed by atoms with E-state index in [2.05, 4.69) is 17.3 Å². The Kier molecular flexibility index (Phi) is 4.06. The summed E-state index contributed by atoms with van der Waals surface area (Å²) in [6.45, 7) is 1.10. The van der Waals surface area contributed by atoms with Gasteiger partial charge in [0.2, 0.25) is 0 Å². The number of hydrogen-bond acceptors (Lipinski definition) is 2. The smallest absolute Gasteiger partial charge is 0.251 e. The molecule has 2 fully saturated rings. The molecule has 1 amide bonds. The summed E-state index contributed by atoms with van der Waals surface area (Å²) < 4.78 is 0.